The second kappa shape index (κ2) is 35.2. The molecule has 5 aliphatic heterocycles. The highest BCUT2D eigenvalue weighted by atomic mass is 35.5. The van der Waals surface area contributed by atoms with Gasteiger partial charge in [-0.3, -0.25) is 38.7 Å². The Balaban J connectivity index is 0.000000180. The maximum Gasteiger partial charge on any atom is 0.349 e. The summed E-state index contributed by atoms with van der Waals surface area (Å²) in [4.78, 5) is 164. The molecule has 37 heteroatoms. The van der Waals surface area contributed by atoms with Crippen LogP contribution in [0.4, 0.5) is 0 Å². The van der Waals surface area contributed by atoms with Crippen LogP contribution in [0.1, 0.15) is 52.1 Å². The van der Waals surface area contributed by atoms with E-state index in [1.165, 1.54) is 90.6 Å². The molecule has 0 spiro atoms. The number of aromatic hydroxyl groups is 2. The Bertz CT molecular complexity index is 6440. The van der Waals surface area contributed by atoms with E-state index in [1.54, 1.807) is 42.5 Å². The minimum absolute atomic E-state index is 0. The molecular weight excluding hydrogens is 1630 g/mol. The molecule has 2 aromatic heterocycles. The Hall–Kier alpha value is -13.4. The fraction of sp³-hybridized carbons (Fsp3) is 0.195. The smallest absolute Gasteiger partial charge is 0.349 e. The van der Waals surface area contributed by atoms with Crippen molar-refractivity contribution in [2.24, 2.45) is 16.8 Å². The van der Waals surface area contributed by atoms with Crippen LogP contribution in [0.3, 0.4) is 0 Å². The number of carboxylic acid groups (broad SMARTS) is 5. The highest BCUT2D eigenvalue weighted by Gasteiger charge is 2.53. The SMILES string of the molecule is C=C1CSC(C(NC(=O)CNC(=O)c2cc3cc(Cl)c(O)cc3oc2=O)C(=O)[O-])N=C1C(=O)[O-].CC1=CC=C(c2c3ccc(=O)cc-3oc3cc(O)ccc23)C(C(=O)[O-])C1.CC1C=c2cc(CNCC(=O)NC3C(=O)N4C(C(=O)[O-])=C(CSc5ccc(-c6c7ccc(=O)cc-7oc7cc([O-])ccc67)c(C(=O)O)c5)CSC34)c(=O)oc2=CC1O.O. The van der Waals surface area contributed by atoms with Crippen LogP contribution < -0.4 is 79.5 Å². The van der Waals surface area contributed by atoms with Crippen LogP contribution in [-0.4, -0.2) is 149 Å². The van der Waals surface area contributed by atoms with E-state index in [9.17, 15) is 108 Å². The lowest BCUT2D eigenvalue weighted by atomic mass is 9.80. The normalized spacial score (nSPS) is 18.1. The van der Waals surface area contributed by atoms with Gasteiger partial charge < -0.3 is 110 Å². The standard InChI is InChI=1S/C41H33N3O12S2.C21H16O5.C20H16ClN3O9S.H2O/c1-18-8-19-9-20(41(54)56-30(19)13-29(18)47)14-42-15-33(48)43-35-37(49)44-36(40(52)53)21(17-58-38(35)44)16-57-24-4-7-25(28(12-24)39(50)51)34-26-5-2-22(45)10-31(26)55-32-11-23(46)3-6-27(32)34;1-11-2-5-14(17(8-11)21(24)25)20-15-6-3-12(22)9-18(15)26-19-10-13(23)4-7-16(19)20;1-7-6-34-17(24-14(7)18(28)29)15(19(30)31)23-13(26)5-22-16(27)9-2-8-3-10(21)11(25)4-12(8)33-20(9)32;/h2-13,18,29,35,38,42,45,47H,14-17H2,1H3,(H,43,48)(H,50,51)(H,52,53);2-7,9-10,17,22H,8H2,1H3,(H,24,25);2-4,15,17,25H,1,5-6H2,(H,22,27)(H,23,26)(H,28,29)(H,30,31);1H2/p-5. The molecule has 119 heavy (non-hydrogen) atoms. The number of allylic oxidation sites excluding steroid dienone is 3. The monoisotopic (exact) mass is 1690 g/mol. The number of halogens is 1. The van der Waals surface area contributed by atoms with E-state index in [-0.39, 0.29) is 125 Å². The summed E-state index contributed by atoms with van der Waals surface area (Å²) in [5.41, 5.74) is 2.07. The summed E-state index contributed by atoms with van der Waals surface area (Å²) < 4.78 is 21.9. The number of phenols is 2. The molecule has 33 nitrogen and oxygen atoms in total. The second-order valence-electron chi connectivity index (χ2n) is 27.4. The Morgan fingerprint density at radius 1 is 0.723 bits per heavy atom. The molecule has 7 atom stereocenters. The van der Waals surface area contributed by atoms with Crippen LogP contribution in [-0.2, 0) is 40.1 Å². The molecule has 0 bridgehead atoms. The first-order valence-electron chi connectivity index (χ1n) is 35.4. The minimum Gasteiger partial charge on any atom is -0.872 e. The van der Waals surface area contributed by atoms with E-state index >= 15 is 0 Å². The third-order valence-electron chi connectivity index (χ3n) is 19.3. The highest BCUT2D eigenvalue weighted by molar-refractivity contribution is 8.01. The van der Waals surface area contributed by atoms with Crippen molar-refractivity contribution < 1.29 is 112 Å². The molecule has 4 aromatic carbocycles. The van der Waals surface area contributed by atoms with E-state index in [4.69, 9.17) is 29.3 Å². The van der Waals surface area contributed by atoms with Crippen molar-refractivity contribution in [2.45, 2.75) is 60.6 Å². The molecule has 0 saturated carbocycles. The average Bonchev–Trinajstić information content (AvgIpc) is 0.738. The van der Waals surface area contributed by atoms with Crippen LogP contribution in [0.15, 0.2) is 203 Å². The van der Waals surface area contributed by atoms with Crippen LogP contribution in [0.5, 0.6) is 17.2 Å². The number of hydrogen-bond acceptors (Lipinski definition) is 30. The van der Waals surface area contributed by atoms with Gasteiger partial charge in [0, 0.05) is 114 Å². The van der Waals surface area contributed by atoms with Crippen molar-refractivity contribution in [3.63, 3.8) is 0 Å². The number of aliphatic hydroxyl groups is 1. The number of benzene rings is 6. The number of nitrogens with zero attached hydrogens (tertiary/aromatic N) is 2. The highest BCUT2D eigenvalue weighted by Crippen LogP contribution is 2.47. The zero-order valence-electron chi connectivity index (χ0n) is 61.7. The molecule has 15 rings (SSSR count). The van der Waals surface area contributed by atoms with E-state index in [0.29, 0.717) is 77.6 Å². The number of aliphatic imine (C=N–C) groups is 1. The molecule has 7 heterocycles. The Morgan fingerprint density at radius 2 is 1.40 bits per heavy atom. The van der Waals surface area contributed by atoms with Crippen molar-refractivity contribution in [2.75, 3.05) is 30.3 Å². The van der Waals surface area contributed by atoms with Gasteiger partial charge in [0.25, 0.3) is 11.8 Å². The summed E-state index contributed by atoms with van der Waals surface area (Å²) >= 11 is 9.15. The number of aliphatic carboxylic acids is 4. The number of aliphatic hydroxyl groups excluding tert-OH is 1. The van der Waals surface area contributed by atoms with E-state index < -0.39 is 117 Å². The van der Waals surface area contributed by atoms with Crippen LogP contribution in [0, 0.1) is 11.8 Å². The van der Waals surface area contributed by atoms with E-state index in [2.05, 4.69) is 32.8 Å². The maximum atomic E-state index is 13.3. The Kier molecular flexibility index (Phi) is 25.2. The molecule has 1 saturated heterocycles. The predicted octanol–water partition coefficient (Wildman–Crippen LogP) is -0.0381. The van der Waals surface area contributed by atoms with Crippen molar-refractivity contribution >= 4 is 157 Å². The number of rotatable bonds is 20. The zero-order chi connectivity index (χ0) is 84.6. The van der Waals surface area contributed by atoms with Gasteiger partial charge in [0.15, 0.2) is 10.9 Å². The molecule has 7 unspecified atom stereocenters. The topological polar surface area (TPSA) is 566 Å². The molecule has 4 aliphatic carbocycles. The van der Waals surface area contributed by atoms with Crippen molar-refractivity contribution in [1.29, 1.82) is 0 Å². The Morgan fingerprint density at radius 3 is 2.08 bits per heavy atom. The number of fused-ring (bicyclic) bond motifs is 7. The number of β-lactam (4-membered cyclic amide) rings is 1. The summed E-state index contributed by atoms with van der Waals surface area (Å²) in [6, 6.07) is 24.5. The summed E-state index contributed by atoms with van der Waals surface area (Å²) in [7, 11) is 0. The zero-order valence-corrected chi connectivity index (χ0v) is 65.0. The van der Waals surface area contributed by atoms with E-state index in [1.807, 2.05) is 19.9 Å². The predicted molar refractivity (Wildman–Crippen MR) is 424 cm³/mol. The van der Waals surface area contributed by atoms with Gasteiger partial charge in [-0.15, -0.1) is 41.0 Å². The fourth-order valence-electron chi connectivity index (χ4n) is 13.6. The maximum absolute atomic E-state index is 13.3. The second-order valence-corrected chi connectivity index (χ2v) is 31.1. The van der Waals surface area contributed by atoms with Gasteiger partial charge in [-0.1, -0.05) is 67.1 Å². The first-order chi connectivity index (χ1) is 56.2. The first-order valence-corrected chi connectivity index (χ1v) is 38.9. The van der Waals surface area contributed by atoms with Gasteiger partial charge >= 0.3 is 17.2 Å². The van der Waals surface area contributed by atoms with Crippen molar-refractivity contribution in [1.82, 2.24) is 26.2 Å². The lowest BCUT2D eigenvalue weighted by Crippen LogP contribution is -2.71. The summed E-state index contributed by atoms with van der Waals surface area (Å²) in [5.74, 6) is -11.3. The van der Waals surface area contributed by atoms with Gasteiger partial charge in [-0.25, -0.2) is 14.4 Å². The molecule has 6 aromatic rings. The van der Waals surface area contributed by atoms with Gasteiger partial charge in [0.2, 0.25) is 11.8 Å². The lowest BCUT2D eigenvalue weighted by Gasteiger charge is -2.50. The van der Waals surface area contributed by atoms with Gasteiger partial charge in [-0.2, -0.15) is 0 Å². The number of carbonyl (C=O) groups excluding carboxylic acids is 8. The number of hydrogen-bond donors (Lipinski definition) is 8. The third-order valence-corrected chi connectivity index (χ3v) is 23.3. The number of nitrogens with one attached hydrogen (secondary N) is 4. The van der Waals surface area contributed by atoms with Crippen LogP contribution >= 0.6 is 46.9 Å². The summed E-state index contributed by atoms with van der Waals surface area (Å²) in [6.45, 7) is 6.21. The molecule has 9 aliphatic rings. The van der Waals surface area contributed by atoms with Gasteiger partial charge in [0.05, 0.1) is 64.7 Å². The van der Waals surface area contributed by atoms with E-state index in [0.717, 1.165) is 46.1 Å². The third kappa shape index (κ3) is 18.1. The summed E-state index contributed by atoms with van der Waals surface area (Å²) in [5, 5.41) is 108. The number of aromatic carboxylic acids is 1. The number of thioether (sulfide) groups is 3. The molecular formula is C82H62ClN6O27S3-5. The largest absolute Gasteiger partial charge is 0.872 e. The molecule has 10 N–H and O–H groups in total. The van der Waals surface area contributed by atoms with Gasteiger partial charge in [-0.05, 0) is 114 Å². The van der Waals surface area contributed by atoms with Crippen molar-refractivity contribution in [3.8, 4) is 51.0 Å². The van der Waals surface area contributed by atoms with Crippen molar-refractivity contribution in [3.05, 3.63) is 236 Å². The van der Waals surface area contributed by atoms with Gasteiger partial charge in [0.1, 0.15) is 73.6 Å². The Labute approximate surface area is 685 Å². The number of carboxylic acids is 5. The number of phenolic OH excluding ortho intramolecular Hbond substituents is 2. The average molecular weight is 1700 g/mol. The fourth-order valence-corrected chi connectivity index (χ4v) is 17.3. The lowest BCUT2D eigenvalue weighted by molar-refractivity contribution is -0.310. The number of carbonyl (C=O) groups is 9. The summed E-state index contributed by atoms with van der Waals surface area (Å²) in [6.07, 6.45) is 6.52. The molecule has 612 valence electrons. The van der Waals surface area contributed by atoms with Crippen LogP contribution in [0.2, 0.25) is 5.02 Å². The number of amides is 4. The first kappa shape index (κ1) is 85.0. The minimum atomic E-state index is -1.73. The quantitative estimate of drug-likeness (QED) is 0.0215. The molecule has 4 amide bonds. The van der Waals surface area contributed by atoms with Crippen LogP contribution in [0.25, 0.3) is 84.4 Å². The molecule has 0 radical (unpaired) electrons. The molecule has 1 fully saturated rings.